The van der Waals surface area contributed by atoms with E-state index in [1.165, 1.54) is 6.07 Å². The van der Waals surface area contributed by atoms with Crippen molar-refractivity contribution in [3.63, 3.8) is 0 Å². The lowest BCUT2D eigenvalue weighted by Crippen LogP contribution is -2.19. The van der Waals surface area contributed by atoms with Gasteiger partial charge in [0.15, 0.2) is 6.61 Å². The van der Waals surface area contributed by atoms with Crippen LogP contribution in [0.4, 0.5) is 13.2 Å². The topological polar surface area (TPSA) is 21.3 Å². The van der Waals surface area contributed by atoms with Gasteiger partial charge in [-0.3, -0.25) is 0 Å². The van der Waals surface area contributed by atoms with E-state index in [0.29, 0.717) is 6.54 Å². The second-order valence-corrected chi connectivity index (χ2v) is 3.08. The van der Waals surface area contributed by atoms with Gasteiger partial charge in [-0.1, -0.05) is 19.6 Å². The van der Waals surface area contributed by atoms with Gasteiger partial charge in [-0.15, -0.1) is 0 Å². The smallest absolute Gasteiger partial charge is 0.422 e. The number of hydrogen-bond acceptors (Lipinski definition) is 2. The van der Waals surface area contributed by atoms with Gasteiger partial charge in [0.25, 0.3) is 0 Å². The highest BCUT2D eigenvalue weighted by atomic mass is 19.4. The highest BCUT2D eigenvalue weighted by molar-refractivity contribution is 5.28. The molecule has 0 saturated carbocycles. The van der Waals surface area contributed by atoms with Crippen molar-refractivity contribution < 1.29 is 17.9 Å². The summed E-state index contributed by atoms with van der Waals surface area (Å²) in [6.45, 7) is -0.654. The maximum atomic E-state index is 11.9. The minimum Gasteiger partial charge on any atom is -0.484 e. The van der Waals surface area contributed by atoms with Gasteiger partial charge in [-0.05, 0) is 24.7 Å². The average Bonchev–Trinajstić information content (AvgIpc) is 2.15. The van der Waals surface area contributed by atoms with Crippen LogP contribution in [0.15, 0.2) is 24.3 Å². The number of benzene rings is 1. The third-order valence-corrected chi connectivity index (χ3v) is 1.68. The Labute approximate surface area is 93.4 Å². The number of rotatable bonds is 4. The van der Waals surface area contributed by atoms with Gasteiger partial charge in [0, 0.05) is 6.54 Å². The second-order valence-electron chi connectivity index (χ2n) is 3.08. The lowest BCUT2D eigenvalue weighted by atomic mass is 10.2. The van der Waals surface area contributed by atoms with E-state index >= 15 is 0 Å². The van der Waals surface area contributed by atoms with Gasteiger partial charge < -0.3 is 10.1 Å². The molecule has 1 aromatic carbocycles. The van der Waals surface area contributed by atoms with Gasteiger partial charge in [0.05, 0.1) is 0 Å². The Bertz CT molecular complexity index is 312. The van der Waals surface area contributed by atoms with Gasteiger partial charge >= 0.3 is 6.18 Å². The van der Waals surface area contributed by atoms with Crippen molar-refractivity contribution >= 4 is 0 Å². The van der Waals surface area contributed by atoms with E-state index in [1.807, 2.05) is 6.07 Å². The van der Waals surface area contributed by atoms with Crippen molar-refractivity contribution in [2.75, 3.05) is 13.7 Å². The van der Waals surface area contributed by atoms with Crippen molar-refractivity contribution in [1.82, 2.24) is 5.32 Å². The van der Waals surface area contributed by atoms with Crippen LogP contribution in [0.25, 0.3) is 0 Å². The first-order chi connectivity index (χ1) is 7.01. The van der Waals surface area contributed by atoms with Crippen LogP contribution in [0.1, 0.15) is 13.0 Å². The molecule has 0 unspecified atom stereocenters. The van der Waals surface area contributed by atoms with Crippen LogP contribution in [0, 0.1) is 0 Å². The molecule has 0 radical (unpaired) electrons. The van der Waals surface area contributed by atoms with Crippen molar-refractivity contribution in [2.45, 2.75) is 20.1 Å². The Morgan fingerprint density at radius 2 is 2.00 bits per heavy atom. The molecule has 5 heteroatoms. The molecule has 2 nitrogen and oxygen atoms in total. The molecule has 1 rings (SSSR count). The molecule has 0 saturated heterocycles. The summed E-state index contributed by atoms with van der Waals surface area (Å²) in [5.41, 5.74) is 0.886. The summed E-state index contributed by atoms with van der Waals surface area (Å²) in [6, 6.07) is 6.57. The Hall–Kier alpha value is -1.23. The van der Waals surface area contributed by atoms with Gasteiger partial charge in [0.1, 0.15) is 5.75 Å². The zero-order valence-corrected chi connectivity index (χ0v) is 8.27. The third-order valence-electron chi connectivity index (χ3n) is 1.68. The molecule has 0 aliphatic rings. The average molecular weight is 235 g/mol. The molecule has 0 aliphatic carbocycles. The Kier molecular flexibility index (Phi) is 5.88. The monoisotopic (exact) mass is 235 g/mol. The number of nitrogens with one attached hydrogen (secondary N) is 1. The molecule has 0 aromatic heterocycles. The van der Waals surface area contributed by atoms with E-state index < -0.39 is 12.8 Å². The summed E-state index contributed by atoms with van der Waals surface area (Å²) in [4.78, 5) is 0. The van der Waals surface area contributed by atoms with Crippen LogP contribution >= 0.6 is 0 Å². The van der Waals surface area contributed by atoms with Crippen molar-refractivity contribution in [2.24, 2.45) is 0 Å². The Balaban J connectivity index is 0.00000225. The van der Waals surface area contributed by atoms with E-state index in [-0.39, 0.29) is 13.2 Å². The quantitative estimate of drug-likeness (QED) is 0.866. The predicted molar refractivity (Wildman–Crippen MR) is 57.5 cm³/mol. The number of halogens is 3. The molecule has 0 atom stereocenters. The fourth-order valence-corrected chi connectivity index (χ4v) is 1.11. The largest absolute Gasteiger partial charge is 0.484 e. The van der Waals surface area contributed by atoms with Crippen molar-refractivity contribution in [1.29, 1.82) is 0 Å². The van der Waals surface area contributed by atoms with Crippen molar-refractivity contribution in [3.8, 4) is 5.75 Å². The summed E-state index contributed by atoms with van der Waals surface area (Å²) in [5, 5.41) is 2.91. The minimum absolute atomic E-state index is 0. The van der Waals surface area contributed by atoms with E-state index in [9.17, 15) is 13.2 Å². The zero-order chi connectivity index (χ0) is 11.3. The summed E-state index contributed by atoms with van der Waals surface area (Å²) in [7, 11) is 1.77. The fraction of sp³-hybridized carbons (Fsp3) is 0.455. The molecule has 16 heavy (non-hydrogen) atoms. The lowest BCUT2D eigenvalue weighted by molar-refractivity contribution is -0.153. The molecule has 0 fully saturated rings. The molecule has 92 valence electrons. The Morgan fingerprint density at radius 3 is 2.56 bits per heavy atom. The Morgan fingerprint density at radius 1 is 1.31 bits per heavy atom. The van der Waals surface area contributed by atoms with Gasteiger partial charge in [0.2, 0.25) is 0 Å². The highest BCUT2D eigenvalue weighted by Gasteiger charge is 2.28. The van der Waals surface area contributed by atoms with Crippen LogP contribution in [0.3, 0.4) is 0 Å². The second kappa shape index (κ2) is 6.37. The molecule has 0 heterocycles. The summed E-state index contributed by atoms with van der Waals surface area (Å²) in [6.07, 6.45) is -4.29. The summed E-state index contributed by atoms with van der Waals surface area (Å²) >= 11 is 0. The maximum Gasteiger partial charge on any atom is 0.422 e. The fourth-order valence-electron chi connectivity index (χ4n) is 1.11. The first kappa shape index (κ1) is 14.8. The first-order valence-corrected chi connectivity index (χ1v) is 4.44. The van der Waals surface area contributed by atoms with Crippen molar-refractivity contribution in [3.05, 3.63) is 29.8 Å². The maximum absolute atomic E-state index is 11.9. The summed E-state index contributed by atoms with van der Waals surface area (Å²) in [5.74, 6) is 0.236. The normalized spacial score (nSPS) is 10.8. The molecular weight excluding hydrogens is 219 g/mol. The van der Waals surface area contributed by atoms with Crippen LogP contribution < -0.4 is 10.1 Å². The van der Waals surface area contributed by atoms with E-state index in [1.54, 1.807) is 19.2 Å². The molecule has 1 aromatic rings. The van der Waals surface area contributed by atoms with E-state index in [4.69, 9.17) is 0 Å². The standard InChI is InChI=1S/C10H12F3NO.CH4/c1-14-6-8-3-2-4-9(5-8)15-7-10(11,12)13;/h2-5,14H,6-7H2,1H3;1H4. The predicted octanol–water partition coefficient (Wildman–Crippen LogP) is 2.98. The molecule has 0 amide bonds. The number of hydrogen-bond donors (Lipinski definition) is 1. The molecular formula is C11H16F3NO. The van der Waals surface area contributed by atoms with Gasteiger partial charge in [-0.25, -0.2) is 0 Å². The van der Waals surface area contributed by atoms with Crippen LogP contribution in [-0.2, 0) is 6.54 Å². The first-order valence-electron chi connectivity index (χ1n) is 4.44. The SMILES string of the molecule is C.CNCc1cccc(OCC(F)(F)F)c1. The molecule has 0 aliphatic heterocycles. The van der Waals surface area contributed by atoms with Crippen LogP contribution in [0.2, 0.25) is 0 Å². The summed E-state index contributed by atoms with van der Waals surface area (Å²) < 4.78 is 40.2. The highest BCUT2D eigenvalue weighted by Crippen LogP contribution is 2.19. The third kappa shape index (κ3) is 5.60. The molecule has 0 spiro atoms. The number of alkyl halides is 3. The zero-order valence-electron chi connectivity index (χ0n) is 8.27. The van der Waals surface area contributed by atoms with Crippen LogP contribution in [0.5, 0.6) is 5.75 Å². The molecule has 0 bridgehead atoms. The molecule has 1 N–H and O–H groups in total. The van der Waals surface area contributed by atoms with E-state index in [2.05, 4.69) is 10.1 Å². The van der Waals surface area contributed by atoms with Gasteiger partial charge in [-0.2, -0.15) is 13.2 Å². The number of ether oxygens (including phenoxy) is 1. The van der Waals surface area contributed by atoms with E-state index in [0.717, 1.165) is 5.56 Å². The minimum atomic E-state index is -4.29. The lowest BCUT2D eigenvalue weighted by Gasteiger charge is -2.10. The van der Waals surface area contributed by atoms with Crippen LogP contribution in [-0.4, -0.2) is 19.8 Å².